The van der Waals surface area contributed by atoms with Crippen molar-refractivity contribution in [2.45, 2.75) is 25.8 Å². The smallest absolute Gasteiger partial charge is 0.270 e. The van der Waals surface area contributed by atoms with Gasteiger partial charge in [-0.05, 0) is 25.0 Å². The quantitative estimate of drug-likeness (QED) is 0.828. The van der Waals surface area contributed by atoms with E-state index in [0.717, 1.165) is 12.8 Å². The Hall–Kier alpha value is -0.800. The third-order valence-corrected chi connectivity index (χ3v) is 2.69. The summed E-state index contributed by atoms with van der Waals surface area (Å²) in [6.45, 7) is 2.01. The Morgan fingerprint density at radius 3 is 2.81 bits per heavy atom. The first-order valence-electron chi connectivity index (χ1n) is 5.15. The first kappa shape index (κ1) is 13.3. The number of nitrogens with zero attached hydrogens (tertiary/aromatic N) is 1. The van der Waals surface area contributed by atoms with Crippen LogP contribution >= 0.6 is 23.2 Å². The molecule has 1 amide bonds. The lowest BCUT2D eigenvalue weighted by molar-refractivity contribution is 0.0930. The van der Waals surface area contributed by atoms with Gasteiger partial charge in [-0.15, -0.1) is 11.6 Å². The molecule has 5 heteroatoms. The van der Waals surface area contributed by atoms with Crippen LogP contribution in [-0.2, 0) is 0 Å². The molecule has 1 atom stereocenters. The Balaban J connectivity index is 2.60. The number of pyridine rings is 1. The lowest BCUT2D eigenvalue weighted by Crippen LogP contribution is -2.35. The predicted octanol–water partition coefficient (Wildman–Crippen LogP) is 2.87. The van der Waals surface area contributed by atoms with Gasteiger partial charge in [0.25, 0.3) is 5.91 Å². The SMILES string of the molecule is CCC(CCCl)NC(=O)c1ccc(Cl)cn1. The molecule has 1 N–H and O–H groups in total. The third kappa shape index (κ3) is 3.99. The summed E-state index contributed by atoms with van der Waals surface area (Å²) in [4.78, 5) is 15.7. The molecule has 0 aliphatic rings. The molecule has 0 fully saturated rings. The summed E-state index contributed by atoms with van der Waals surface area (Å²) in [5, 5.41) is 3.39. The summed E-state index contributed by atoms with van der Waals surface area (Å²) in [6, 6.07) is 3.35. The Bertz CT molecular complexity index is 340. The van der Waals surface area contributed by atoms with Gasteiger partial charge in [0, 0.05) is 18.1 Å². The van der Waals surface area contributed by atoms with E-state index in [1.54, 1.807) is 12.1 Å². The van der Waals surface area contributed by atoms with E-state index in [1.807, 2.05) is 6.92 Å². The second-order valence-electron chi connectivity index (χ2n) is 3.42. The molecular formula is C11H14Cl2N2O. The van der Waals surface area contributed by atoms with Crippen LogP contribution in [0.2, 0.25) is 5.02 Å². The molecule has 3 nitrogen and oxygen atoms in total. The number of nitrogens with one attached hydrogen (secondary N) is 1. The summed E-state index contributed by atoms with van der Waals surface area (Å²) >= 11 is 11.3. The van der Waals surface area contributed by atoms with Crippen LogP contribution in [0.25, 0.3) is 0 Å². The van der Waals surface area contributed by atoms with E-state index in [4.69, 9.17) is 23.2 Å². The predicted molar refractivity (Wildman–Crippen MR) is 66.1 cm³/mol. The monoisotopic (exact) mass is 260 g/mol. The highest BCUT2D eigenvalue weighted by Crippen LogP contribution is 2.07. The third-order valence-electron chi connectivity index (χ3n) is 2.25. The molecule has 0 aromatic carbocycles. The average Bonchev–Trinajstić information content (AvgIpc) is 2.29. The van der Waals surface area contributed by atoms with Gasteiger partial charge in [-0.2, -0.15) is 0 Å². The Kier molecular flexibility index (Phi) is 5.56. The number of alkyl halides is 1. The van der Waals surface area contributed by atoms with Gasteiger partial charge in [0.1, 0.15) is 5.69 Å². The largest absolute Gasteiger partial charge is 0.348 e. The number of rotatable bonds is 5. The molecule has 0 aliphatic carbocycles. The minimum Gasteiger partial charge on any atom is -0.348 e. The second kappa shape index (κ2) is 6.71. The Morgan fingerprint density at radius 2 is 2.31 bits per heavy atom. The van der Waals surface area contributed by atoms with Crippen LogP contribution in [0.4, 0.5) is 0 Å². The molecule has 1 rings (SSSR count). The van der Waals surface area contributed by atoms with Gasteiger partial charge < -0.3 is 5.32 Å². The zero-order valence-electron chi connectivity index (χ0n) is 9.04. The van der Waals surface area contributed by atoms with Crippen molar-refractivity contribution in [1.82, 2.24) is 10.3 Å². The van der Waals surface area contributed by atoms with Gasteiger partial charge in [0.15, 0.2) is 0 Å². The molecule has 0 saturated heterocycles. The van der Waals surface area contributed by atoms with Crippen LogP contribution in [-0.4, -0.2) is 22.8 Å². The van der Waals surface area contributed by atoms with Crippen LogP contribution in [0.15, 0.2) is 18.3 Å². The average molecular weight is 261 g/mol. The number of aromatic nitrogens is 1. The molecule has 0 spiro atoms. The molecular weight excluding hydrogens is 247 g/mol. The molecule has 1 heterocycles. The van der Waals surface area contributed by atoms with E-state index >= 15 is 0 Å². The fourth-order valence-corrected chi connectivity index (χ4v) is 1.65. The van der Waals surface area contributed by atoms with Gasteiger partial charge in [0.05, 0.1) is 5.02 Å². The number of carbonyl (C=O) groups is 1. The minimum atomic E-state index is -0.186. The van der Waals surface area contributed by atoms with Crippen molar-refractivity contribution in [3.8, 4) is 0 Å². The molecule has 0 radical (unpaired) electrons. The number of carbonyl (C=O) groups excluding carboxylic acids is 1. The molecule has 1 aromatic heterocycles. The fraction of sp³-hybridized carbons (Fsp3) is 0.455. The van der Waals surface area contributed by atoms with Gasteiger partial charge in [-0.25, -0.2) is 4.98 Å². The maximum atomic E-state index is 11.7. The van der Waals surface area contributed by atoms with Gasteiger partial charge in [-0.1, -0.05) is 18.5 Å². The van der Waals surface area contributed by atoms with Crippen molar-refractivity contribution in [3.63, 3.8) is 0 Å². The van der Waals surface area contributed by atoms with Crippen LogP contribution in [0.3, 0.4) is 0 Å². The molecule has 0 bridgehead atoms. The standard InChI is InChI=1S/C11H14Cl2N2O/c1-2-9(5-6-12)15-11(16)10-4-3-8(13)7-14-10/h3-4,7,9H,2,5-6H2,1H3,(H,15,16). The molecule has 1 aromatic rings. The van der Waals surface area contributed by atoms with Gasteiger partial charge >= 0.3 is 0 Å². The van der Waals surface area contributed by atoms with E-state index in [9.17, 15) is 4.79 Å². The summed E-state index contributed by atoms with van der Waals surface area (Å²) in [5.41, 5.74) is 0.373. The molecule has 0 saturated carbocycles. The molecule has 0 aliphatic heterocycles. The molecule has 1 unspecified atom stereocenters. The van der Waals surface area contributed by atoms with Gasteiger partial charge in [0.2, 0.25) is 0 Å². The van der Waals surface area contributed by atoms with Crippen LogP contribution < -0.4 is 5.32 Å². The maximum absolute atomic E-state index is 11.7. The number of amides is 1. The first-order valence-corrected chi connectivity index (χ1v) is 6.07. The zero-order chi connectivity index (χ0) is 12.0. The highest BCUT2D eigenvalue weighted by molar-refractivity contribution is 6.30. The van der Waals surface area contributed by atoms with E-state index in [2.05, 4.69) is 10.3 Å². The van der Waals surface area contributed by atoms with Crippen molar-refractivity contribution in [2.24, 2.45) is 0 Å². The number of halogens is 2. The molecule has 16 heavy (non-hydrogen) atoms. The van der Waals surface area contributed by atoms with Gasteiger partial charge in [-0.3, -0.25) is 4.79 Å². The van der Waals surface area contributed by atoms with Crippen molar-refractivity contribution < 1.29 is 4.79 Å². The highest BCUT2D eigenvalue weighted by atomic mass is 35.5. The van der Waals surface area contributed by atoms with Crippen molar-refractivity contribution >= 4 is 29.1 Å². The van der Waals surface area contributed by atoms with Crippen LogP contribution in [0.1, 0.15) is 30.3 Å². The van der Waals surface area contributed by atoms with E-state index < -0.39 is 0 Å². The van der Waals surface area contributed by atoms with E-state index in [-0.39, 0.29) is 11.9 Å². The molecule has 88 valence electrons. The summed E-state index contributed by atoms with van der Waals surface area (Å²) in [6.07, 6.45) is 3.07. The first-order chi connectivity index (χ1) is 7.67. The van der Waals surface area contributed by atoms with Crippen LogP contribution in [0.5, 0.6) is 0 Å². The normalized spacial score (nSPS) is 12.2. The Labute approximate surface area is 105 Å². The van der Waals surface area contributed by atoms with Crippen molar-refractivity contribution in [3.05, 3.63) is 29.0 Å². The highest BCUT2D eigenvalue weighted by Gasteiger charge is 2.12. The number of hydrogen-bond acceptors (Lipinski definition) is 2. The van der Waals surface area contributed by atoms with E-state index in [0.29, 0.717) is 16.6 Å². The number of hydrogen-bond donors (Lipinski definition) is 1. The summed E-state index contributed by atoms with van der Waals surface area (Å²) in [7, 11) is 0. The van der Waals surface area contributed by atoms with Crippen molar-refractivity contribution in [1.29, 1.82) is 0 Å². The topological polar surface area (TPSA) is 42.0 Å². The maximum Gasteiger partial charge on any atom is 0.270 e. The van der Waals surface area contributed by atoms with Crippen LogP contribution in [0, 0.1) is 0 Å². The van der Waals surface area contributed by atoms with Crippen molar-refractivity contribution in [2.75, 3.05) is 5.88 Å². The lowest BCUT2D eigenvalue weighted by Gasteiger charge is -2.14. The summed E-state index contributed by atoms with van der Waals surface area (Å²) in [5.74, 6) is 0.348. The lowest BCUT2D eigenvalue weighted by atomic mass is 10.1. The minimum absolute atomic E-state index is 0.0995. The summed E-state index contributed by atoms with van der Waals surface area (Å²) < 4.78 is 0. The Morgan fingerprint density at radius 1 is 1.56 bits per heavy atom. The fourth-order valence-electron chi connectivity index (χ4n) is 1.28. The zero-order valence-corrected chi connectivity index (χ0v) is 10.6. The second-order valence-corrected chi connectivity index (χ2v) is 4.23. The van der Waals surface area contributed by atoms with E-state index in [1.165, 1.54) is 6.20 Å².